The fraction of sp³-hybridized carbons (Fsp3) is 0.500. The standard InChI is InChI=1S/C44H52O2/c1-23(2)18-27-14-15-31-28(22-27)38-39(40(31,6)7)36-32(41(38,8)9)16-17-33-35(36)30-21-26(5)34-25(4)19-24(3)20-29(34)37(30)43(11)42(33,10)44(43,45-12)46-13/h14-17,19-23,38-39H,18H2,1-13H3. The van der Waals surface area contributed by atoms with Crippen LogP contribution < -0.4 is 0 Å². The summed E-state index contributed by atoms with van der Waals surface area (Å²) in [5.74, 6) is 0.685. The molecule has 1 fully saturated rings. The van der Waals surface area contributed by atoms with Crippen LogP contribution in [0.25, 0.3) is 21.9 Å². The van der Waals surface area contributed by atoms with Gasteiger partial charge in [0.2, 0.25) is 0 Å². The number of fused-ring (bicyclic) bond motifs is 14. The van der Waals surface area contributed by atoms with Crippen molar-refractivity contribution >= 4 is 10.8 Å². The van der Waals surface area contributed by atoms with Gasteiger partial charge in [0.15, 0.2) is 5.79 Å². The SMILES string of the molecule is COC1(OC)C2(C)c3ccc4c(c3-c3cc(C)c5c(C)cc(C)cc5c3C12C)C1C(c2cc(CC(C)C)ccc2C1(C)C)C4(C)C. The van der Waals surface area contributed by atoms with Crippen molar-refractivity contribution in [2.24, 2.45) is 5.92 Å². The first-order valence-electron chi connectivity index (χ1n) is 17.5. The van der Waals surface area contributed by atoms with Gasteiger partial charge in [-0.3, -0.25) is 0 Å². The van der Waals surface area contributed by atoms with E-state index < -0.39 is 5.79 Å². The van der Waals surface area contributed by atoms with E-state index in [0.29, 0.717) is 17.8 Å². The third-order valence-electron chi connectivity index (χ3n) is 13.8. The number of hydrogen-bond donors (Lipinski definition) is 0. The van der Waals surface area contributed by atoms with E-state index in [-0.39, 0.29) is 21.7 Å². The van der Waals surface area contributed by atoms with E-state index in [1.165, 1.54) is 66.4 Å². The molecule has 0 aliphatic heterocycles. The Morgan fingerprint density at radius 2 is 1.30 bits per heavy atom. The first-order chi connectivity index (χ1) is 21.5. The molecule has 4 unspecified atom stereocenters. The van der Waals surface area contributed by atoms with Crippen LogP contribution in [0.1, 0.15) is 123 Å². The smallest absolute Gasteiger partial charge is 0.188 e. The Morgan fingerprint density at radius 3 is 1.96 bits per heavy atom. The summed E-state index contributed by atoms with van der Waals surface area (Å²) in [7, 11) is 3.70. The molecule has 4 aromatic rings. The second-order valence-corrected chi connectivity index (χ2v) is 17.3. The molecular formula is C44H52O2. The van der Waals surface area contributed by atoms with Crippen molar-refractivity contribution in [2.45, 2.75) is 122 Å². The Morgan fingerprint density at radius 1 is 0.696 bits per heavy atom. The number of aryl methyl sites for hydroxylation is 3. The molecule has 4 aliphatic rings. The lowest BCUT2D eigenvalue weighted by Gasteiger charge is -2.36. The van der Waals surface area contributed by atoms with Crippen LogP contribution in [0.2, 0.25) is 0 Å². The molecule has 0 aromatic heterocycles. The summed E-state index contributed by atoms with van der Waals surface area (Å²) in [4.78, 5) is 0. The zero-order valence-corrected chi connectivity index (χ0v) is 30.4. The van der Waals surface area contributed by atoms with E-state index in [1.54, 1.807) is 11.1 Å². The maximum atomic E-state index is 6.57. The maximum Gasteiger partial charge on any atom is 0.188 e. The summed E-state index contributed by atoms with van der Waals surface area (Å²) in [5, 5.41) is 2.74. The molecule has 0 heterocycles. The lowest BCUT2D eigenvalue weighted by Crippen LogP contribution is -2.27. The Balaban J connectivity index is 1.50. The monoisotopic (exact) mass is 612 g/mol. The van der Waals surface area contributed by atoms with Gasteiger partial charge >= 0.3 is 0 Å². The van der Waals surface area contributed by atoms with Crippen molar-refractivity contribution in [3.63, 3.8) is 0 Å². The van der Waals surface area contributed by atoms with E-state index in [1.807, 2.05) is 14.2 Å². The van der Waals surface area contributed by atoms with Crippen LogP contribution in [0.3, 0.4) is 0 Å². The van der Waals surface area contributed by atoms with E-state index in [2.05, 4.69) is 125 Å². The van der Waals surface area contributed by atoms with E-state index in [0.717, 1.165) is 6.42 Å². The predicted molar refractivity (Wildman–Crippen MR) is 192 cm³/mol. The largest absolute Gasteiger partial charge is 0.351 e. The van der Waals surface area contributed by atoms with Gasteiger partial charge in [-0.2, -0.15) is 0 Å². The van der Waals surface area contributed by atoms with Gasteiger partial charge in [0, 0.05) is 26.1 Å². The highest BCUT2D eigenvalue weighted by Crippen LogP contribution is 2.81. The van der Waals surface area contributed by atoms with Gasteiger partial charge in [-0.1, -0.05) is 95.6 Å². The second kappa shape index (κ2) is 8.94. The minimum Gasteiger partial charge on any atom is -0.351 e. The maximum absolute atomic E-state index is 6.57. The third-order valence-corrected chi connectivity index (χ3v) is 13.8. The highest BCUT2D eigenvalue weighted by molar-refractivity contribution is 6.02. The van der Waals surface area contributed by atoms with Gasteiger partial charge in [-0.25, -0.2) is 0 Å². The van der Waals surface area contributed by atoms with Crippen LogP contribution >= 0.6 is 0 Å². The van der Waals surface area contributed by atoms with Crippen LogP contribution in [0, 0.1) is 26.7 Å². The number of ether oxygens (including phenoxy) is 2. The van der Waals surface area contributed by atoms with Crippen LogP contribution in [-0.2, 0) is 37.6 Å². The van der Waals surface area contributed by atoms with Crippen molar-refractivity contribution < 1.29 is 9.47 Å². The molecule has 0 saturated heterocycles. The summed E-state index contributed by atoms with van der Waals surface area (Å²) < 4.78 is 13.1. The summed E-state index contributed by atoms with van der Waals surface area (Å²) in [6.45, 7) is 26.4. The first-order valence-corrected chi connectivity index (χ1v) is 17.5. The molecule has 0 amide bonds. The van der Waals surface area contributed by atoms with Crippen molar-refractivity contribution in [3.8, 4) is 11.1 Å². The van der Waals surface area contributed by atoms with Crippen molar-refractivity contribution in [1.82, 2.24) is 0 Å². The van der Waals surface area contributed by atoms with Gasteiger partial charge in [0.05, 0.1) is 10.8 Å². The molecule has 4 atom stereocenters. The number of methoxy groups -OCH3 is 2. The second-order valence-electron chi connectivity index (χ2n) is 17.3. The van der Waals surface area contributed by atoms with Crippen molar-refractivity contribution in [2.75, 3.05) is 14.2 Å². The minimum absolute atomic E-state index is 0.00194. The Labute approximate surface area is 276 Å². The first kappa shape index (κ1) is 30.4. The molecule has 4 aromatic carbocycles. The number of benzene rings is 4. The molecule has 2 nitrogen and oxygen atoms in total. The van der Waals surface area contributed by atoms with Gasteiger partial charge in [-0.15, -0.1) is 0 Å². The van der Waals surface area contributed by atoms with Crippen LogP contribution in [-0.4, -0.2) is 20.0 Å². The molecular weight excluding hydrogens is 560 g/mol. The summed E-state index contributed by atoms with van der Waals surface area (Å²) in [6, 6.07) is 19.7. The van der Waals surface area contributed by atoms with Crippen LogP contribution in [0.15, 0.2) is 48.5 Å². The lowest BCUT2D eigenvalue weighted by molar-refractivity contribution is -0.154. The summed E-state index contributed by atoms with van der Waals surface area (Å²) >= 11 is 0. The summed E-state index contributed by atoms with van der Waals surface area (Å²) in [5.41, 5.74) is 16.6. The van der Waals surface area contributed by atoms with Gasteiger partial charge < -0.3 is 9.47 Å². The minimum atomic E-state index is -0.762. The molecule has 46 heavy (non-hydrogen) atoms. The molecule has 2 heteroatoms. The zero-order chi connectivity index (χ0) is 33.1. The van der Waals surface area contributed by atoms with E-state index >= 15 is 0 Å². The zero-order valence-electron chi connectivity index (χ0n) is 30.4. The van der Waals surface area contributed by atoms with Gasteiger partial charge in [0.25, 0.3) is 0 Å². The molecule has 1 saturated carbocycles. The number of hydrogen-bond acceptors (Lipinski definition) is 2. The van der Waals surface area contributed by atoms with Gasteiger partial charge in [-0.05, 0) is 130 Å². The highest BCUT2D eigenvalue weighted by Gasteiger charge is 2.88. The highest BCUT2D eigenvalue weighted by atomic mass is 16.7. The molecule has 0 spiro atoms. The molecule has 8 rings (SSSR count). The summed E-state index contributed by atoms with van der Waals surface area (Å²) in [6.07, 6.45) is 1.12. The Bertz CT molecular complexity index is 2000. The third kappa shape index (κ3) is 3.09. The predicted octanol–water partition coefficient (Wildman–Crippen LogP) is 10.6. The number of rotatable bonds is 4. The average Bonchev–Trinajstić information content (AvgIpc) is 3.14. The lowest BCUT2D eigenvalue weighted by atomic mass is 9.66. The topological polar surface area (TPSA) is 18.5 Å². The van der Waals surface area contributed by atoms with Crippen LogP contribution in [0.4, 0.5) is 0 Å². The Kier molecular flexibility index (Phi) is 5.91. The molecule has 240 valence electrons. The van der Waals surface area contributed by atoms with Crippen molar-refractivity contribution in [1.29, 1.82) is 0 Å². The molecule has 4 aliphatic carbocycles. The van der Waals surface area contributed by atoms with E-state index in [4.69, 9.17) is 9.47 Å². The molecule has 0 bridgehead atoms. The molecule has 0 radical (unpaired) electrons. The average molecular weight is 613 g/mol. The fourth-order valence-electron chi connectivity index (χ4n) is 12.0. The van der Waals surface area contributed by atoms with Crippen molar-refractivity contribution in [3.05, 3.63) is 104 Å². The van der Waals surface area contributed by atoms with Gasteiger partial charge in [0.1, 0.15) is 0 Å². The quantitative estimate of drug-likeness (QED) is 0.214. The van der Waals surface area contributed by atoms with Crippen LogP contribution in [0.5, 0.6) is 0 Å². The molecule has 0 N–H and O–H groups in total. The Hall–Kier alpha value is -2.94. The van der Waals surface area contributed by atoms with E-state index in [9.17, 15) is 0 Å². The normalized spacial score (nSPS) is 28.4. The fourth-order valence-corrected chi connectivity index (χ4v) is 12.0.